The number of halogens is 1. The van der Waals surface area contributed by atoms with E-state index < -0.39 is 10.0 Å². The third-order valence-corrected chi connectivity index (χ3v) is 7.08. The Morgan fingerprint density at radius 2 is 1.72 bits per heavy atom. The van der Waals surface area contributed by atoms with E-state index in [2.05, 4.69) is 10.2 Å². The molecule has 156 valence electrons. The summed E-state index contributed by atoms with van der Waals surface area (Å²) in [5.74, 6) is -0.212. The second-order valence-electron chi connectivity index (χ2n) is 7.02. The van der Waals surface area contributed by atoms with Crippen LogP contribution in [0.4, 0.5) is 5.69 Å². The van der Waals surface area contributed by atoms with Gasteiger partial charge in [-0.25, -0.2) is 8.42 Å². The number of sulfonamides is 1. The van der Waals surface area contributed by atoms with Gasteiger partial charge >= 0.3 is 0 Å². The molecule has 1 amide bonds. The van der Waals surface area contributed by atoms with E-state index in [0.29, 0.717) is 44.0 Å². The average molecular weight is 436 g/mol. The summed E-state index contributed by atoms with van der Waals surface area (Å²) in [6, 6.07) is 17.3. The van der Waals surface area contributed by atoms with E-state index >= 15 is 0 Å². The van der Waals surface area contributed by atoms with Crippen molar-refractivity contribution in [3.8, 4) is 0 Å². The molecule has 8 heteroatoms. The van der Waals surface area contributed by atoms with Crippen molar-refractivity contribution in [1.82, 2.24) is 9.62 Å². The van der Waals surface area contributed by atoms with Crippen LogP contribution in [-0.2, 0) is 21.2 Å². The van der Waals surface area contributed by atoms with Crippen LogP contribution in [0.15, 0.2) is 54.6 Å². The van der Waals surface area contributed by atoms with Crippen LogP contribution >= 0.6 is 11.6 Å². The van der Waals surface area contributed by atoms with Crippen molar-refractivity contribution in [3.63, 3.8) is 0 Å². The summed E-state index contributed by atoms with van der Waals surface area (Å²) in [6.07, 6.45) is 0.993. The lowest BCUT2D eigenvalue weighted by Gasteiger charge is -2.35. The molecule has 1 aliphatic heterocycles. The molecule has 29 heavy (non-hydrogen) atoms. The molecule has 0 atom stereocenters. The minimum Gasteiger partial charge on any atom is -0.369 e. The number of amides is 1. The third-order valence-electron chi connectivity index (χ3n) is 4.97. The number of hydrogen-bond donors (Lipinski definition) is 1. The van der Waals surface area contributed by atoms with Crippen LogP contribution in [0.2, 0.25) is 5.02 Å². The highest BCUT2D eigenvalue weighted by molar-refractivity contribution is 7.89. The molecule has 3 rings (SSSR count). The number of hydrogen-bond acceptors (Lipinski definition) is 4. The minimum absolute atomic E-state index is 0.0821. The fourth-order valence-corrected chi connectivity index (χ4v) is 4.86. The second kappa shape index (κ2) is 10.1. The van der Waals surface area contributed by atoms with Crippen LogP contribution in [0.1, 0.15) is 12.0 Å². The highest BCUT2D eigenvalue weighted by Gasteiger charge is 2.26. The van der Waals surface area contributed by atoms with E-state index in [1.807, 2.05) is 54.6 Å². The topological polar surface area (TPSA) is 69.7 Å². The van der Waals surface area contributed by atoms with E-state index in [4.69, 9.17) is 11.6 Å². The molecule has 0 aromatic heterocycles. The molecule has 0 unspecified atom stereocenters. The highest BCUT2D eigenvalue weighted by atomic mass is 35.5. The lowest BCUT2D eigenvalue weighted by molar-refractivity contribution is -0.120. The van der Waals surface area contributed by atoms with Gasteiger partial charge in [-0.1, -0.05) is 48.0 Å². The summed E-state index contributed by atoms with van der Waals surface area (Å²) < 4.78 is 26.7. The monoisotopic (exact) mass is 435 g/mol. The van der Waals surface area contributed by atoms with Gasteiger partial charge in [0.1, 0.15) is 0 Å². The quantitative estimate of drug-likeness (QED) is 0.691. The molecule has 1 aliphatic rings. The van der Waals surface area contributed by atoms with Crippen LogP contribution in [0.25, 0.3) is 0 Å². The van der Waals surface area contributed by atoms with Crippen LogP contribution in [-0.4, -0.2) is 57.1 Å². The molecule has 0 spiro atoms. The maximum absolute atomic E-state index is 12.6. The van der Waals surface area contributed by atoms with Gasteiger partial charge in [-0.15, -0.1) is 0 Å². The summed E-state index contributed by atoms with van der Waals surface area (Å²) in [6.45, 7) is 2.21. The SMILES string of the molecule is O=C(CCc1ccccc1)NCCS(=O)(=O)N1CCN(c2cccc(Cl)c2)CC1. The maximum Gasteiger partial charge on any atom is 0.220 e. The standard InChI is InChI=1S/C21H26ClN3O3S/c22-19-7-4-8-20(17-19)24-12-14-25(15-13-24)29(27,28)16-11-23-21(26)10-9-18-5-2-1-3-6-18/h1-8,17H,9-16H2,(H,23,26). The average Bonchev–Trinajstić information content (AvgIpc) is 2.73. The Bertz CT molecular complexity index is 914. The van der Waals surface area contributed by atoms with Crippen molar-refractivity contribution in [2.45, 2.75) is 12.8 Å². The van der Waals surface area contributed by atoms with E-state index in [-0.39, 0.29) is 18.2 Å². The van der Waals surface area contributed by atoms with Crippen molar-refractivity contribution in [3.05, 3.63) is 65.2 Å². The molecule has 0 aliphatic carbocycles. The summed E-state index contributed by atoms with van der Waals surface area (Å²) >= 11 is 6.04. The molecular formula is C21H26ClN3O3S. The highest BCUT2D eigenvalue weighted by Crippen LogP contribution is 2.21. The molecular weight excluding hydrogens is 410 g/mol. The molecule has 0 bridgehead atoms. The molecule has 2 aromatic carbocycles. The normalized spacial score (nSPS) is 15.3. The Morgan fingerprint density at radius 1 is 1.00 bits per heavy atom. The van der Waals surface area contributed by atoms with Gasteiger partial charge in [0.25, 0.3) is 0 Å². The zero-order chi connectivity index (χ0) is 20.7. The minimum atomic E-state index is -3.39. The Balaban J connectivity index is 1.40. The molecule has 1 saturated heterocycles. The van der Waals surface area contributed by atoms with Crippen LogP contribution < -0.4 is 10.2 Å². The summed E-state index contributed by atoms with van der Waals surface area (Å²) in [5, 5.41) is 3.39. The van der Waals surface area contributed by atoms with Crippen molar-refractivity contribution in [1.29, 1.82) is 0 Å². The number of piperazine rings is 1. The summed E-state index contributed by atoms with van der Waals surface area (Å²) in [7, 11) is -3.39. The van der Waals surface area contributed by atoms with Gasteiger partial charge in [-0.3, -0.25) is 4.79 Å². The number of carbonyl (C=O) groups excluding carboxylic acids is 1. The molecule has 0 radical (unpaired) electrons. The predicted octanol–water partition coefficient (Wildman–Crippen LogP) is 2.54. The molecule has 2 aromatic rings. The van der Waals surface area contributed by atoms with Gasteiger partial charge < -0.3 is 10.2 Å². The largest absolute Gasteiger partial charge is 0.369 e. The lowest BCUT2D eigenvalue weighted by atomic mass is 10.1. The first-order valence-corrected chi connectivity index (χ1v) is 11.7. The Kier molecular flexibility index (Phi) is 7.52. The number of rotatable bonds is 8. The Hall–Kier alpha value is -2.09. The van der Waals surface area contributed by atoms with E-state index in [9.17, 15) is 13.2 Å². The van der Waals surface area contributed by atoms with Crippen LogP contribution in [0.3, 0.4) is 0 Å². The maximum atomic E-state index is 12.6. The molecule has 1 heterocycles. The number of benzene rings is 2. The summed E-state index contributed by atoms with van der Waals surface area (Å²) in [4.78, 5) is 14.1. The van der Waals surface area contributed by atoms with Gasteiger partial charge in [-0.2, -0.15) is 4.31 Å². The van der Waals surface area contributed by atoms with Crippen molar-refractivity contribution < 1.29 is 13.2 Å². The zero-order valence-electron chi connectivity index (χ0n) is 16.3. The second-order valence-corrected chi connectivity index (χ2v) is 9.54. The third kappa shape index (κ3) is 6.45. The number of nitrogens with zero attached hydrogens (tertiary/aromatic N) is 2. The van der Waals surface area contributed by atoms with E-state index in [1.54, 1.807) is 0 Å². The first kappa shape index (κ1) is 21.6. The number of aryl methyl sites for hydroxylation is 1. The van der Waals surface area contributed by atoms with Gasteiger partial charge in [0.15, 0.2) is 0 Å². The van der Waals surface area contributed by atoms with E-state index in [0.717, 1.165) is 11.3 Å². The molecule has 1 N–H and O–H groups in total. The smallest absolute Gasteiger partial charge is 0.220 e. The fourth-order valence-electron chi connectivity index (χ4n) is 3.34. The van der Waals surface area contributed by atoms with Gasteiger partial charge in [0, 0.05) is 49.9 Å². The Labute approximate surface area is 177 Å². The molecule has 1 fully saturated rings. The molecule has 0 saturated carbocycles. The van der Waals surface area contributed by atoms with Gasteiger partial charge in [0.2, 0.25) is 15.9 Å². The van der Waals surface area contributed by atoms with Gasteiger partial charge in [-0.05, 0) is 30.2 Å². The van der Waals surface area contributed by atoms with Crippen LogP contribution in [0.5, 0.6) is 0 Å². The number of carbonyl (C=O) groups is 1. The van der Waals surface area contributed by atoms with Crippen molar-refractivity contribution in [2.75, 3.05) is 43.4 Å². The summed E-state index contributed by atoms with van der Waals surface area (Å²) in [5.41, 5.74) is 2.09. The first-order chi connectivity index (χ1) is 13.9. The zero-order valence-corrected chi connectivity index (χ0v) is 17.8. The number of anilines is 1. The molecule has 6 nitrogen and oxygen atoms in total. The fraction of sp³-hybridized carbons (Fsp3) is 0.381. The Morgan fingerprint density at radius 3 is 2.41 bits per heavy atom. The lowest BCUT2D eigenvalue weighted by Crippen LogP contribution is -2.50. The van der Waals surface area contributed by atoms with Gasteiger partial charge in [0.05, 0.1) is 5.75 Å². The first-order valence-electron chi connectivity index (χ1n) is 9.73. The van der Waals surface area contributed by atoms with Crippen LogP contribution in [0, 0.1) is 0 Å². The predicted molar refractivity (Wildman–Crippen MR) is 117 cm³/mol. The number of nitrogens with one attached hydrogen (secondary N) is 1. The van der Waals surface area contributed by atoms with E-state index in [1.165, 1.54) is 4.31 Å². The van der Waals surface area contributed by atoms with Crippen molar-refractivity contribution in [2.24, 2.45) is 0 Å². The van der Waals surface area contributed by atoms with Crippen molar-refractivity contribution >= 4 is 33.2 Å².